The van der Waals surface area contributed by atoms with Crippen LogP contribution in [-0.2, 0) is 0 Å². The van der Waals surface area contributed by atoms with E-state index in [4.69, 9.17) is 0 Å². The third-order valence-electron chi connectivity index (χ3n) is 6.16. The Bertz CT molecular complexity index is 995. The second-order valence-corrected chi connectivity index (χ2v) is 8.36. The maximum atomic E-state index is 13.4. The Morgan fingerprint density at radius 3 is 1.73 bits per heavy atom. The molecule has 0 bridgehead atoms. The molecule has 3 nitrogen and oxygen atoms in total. The van der Waals surface area contributed by atoms with Crippen LogP contribution in [0.15, 0.2) is 66.7 Å². The number of quaternary nitrogens is 1. The Balaban J connectivity index is 0.00000193. The van der Waals surface area contributed by atoms with Gasteiger partial charge < -0.3 is 35.9 Å². The van der Waals surface area contributed by atoms with Crippen LogP contribution in [0.25, 0.3) is 22.3 Å². The van der Waals surface area contributed by atoms with Gasteiger partial charge in [-0.15, -0.1) is 0 Å². The molecule has 1 aliphatic carbocycles. The molecule has 1 saturated carbocycles. The van der Waals surface area contributed by atoms with Gasteiger partial charge in [-0.3, -0.25) is 4.79 Å². The van der Waals surface area contributed by atoms with Crippen molar-refractivity contribution in [2.24, 2.45) is 11.8 Å². The van der Waals surface area contributed by atoms with Crippen molar-refractivity contribution in [2.75, 3.05) is 13.1 Å². The van der Waals surface area contributed by atoms with Gasteiger partial charge in [-0.05, 0) is 89.9 Å². The number of amides is 1. The number of hydrogen-bond donors (Lipinski definition) is 2. The van der Waals surface area contributed by atoms with Gasteiger partial charge in [0.1, 0.15) is 11.6 Å². The van der Waals surface area contributed by atoms with Crippen molar-refractivity contribution in [3.8, 4) is 22.3 Å². The highest BCUT2D eigenvalue weighted by Gasteiger charge is 2.25. The normalized spacial score (nSPS) is 17.1. The maximum absolute atomic E-state index is 13.4. The molecule has 7 heteroatoms. The molecule has 3 aromatic carbocycles. The summed E-state index contributed by atoms with van der Waals surface area (Å²) in [6.45, 7) is 1.60. The van der Waals surface area contributed by atoms with Crippen LogP contribution in [0, 0.1) is 23.5 Å². The third kappa shape index (κ3) is 6.76. The van der Waals surface area contributed by atoms with Gasteiger partial charge >= 0.3 is 0 Å². The van der Waals surface area contributed by atoms with Crippen molar-refractivity contribution in [1.29, 1.82) is 0 Å². The molecule has 0 aliphatic heterocycles. The monoisotopic (exact) mass is 491 g/mol. The predicted molar refractivity (Wildman–Crippen MR) is 118 cm³/mol. The summed E-state index contributed by atoms with van der Waals surface area (Å²) in [5, 5.41) is 3.08. The topological polar surface area (TPSA) is 56.7 Å². The van der Waals surface area contributed by atoms with E-state index < -0.39 is 0 Å². The van der Waals surface area contributed by atoms with Crippen molar-refractivity contribution < 1.29 is 44.1 Å². The lowest BCUT2D eigenvalue weighted by Crippen LogP contribution is -3.00. The minimum atomic E-state index is -0.312. The molecule has 0 unspecified atom stereocenters. The van der Waals surface area contributed by atoms with Gasteiger partial charge in [0, 0.05) is 18.0 Å². The van der Waals surface area contributed by atoms with Crippen LogP contribution in [0.3, 0.4) is 0 Å². The van der Waals surface area contributed by atoms with E-state index in [1.54, 1.807) is 24.3 Å². The SMILES string of the molecule is [Cl-].[Cl-].[NH3+]C[C@@H]1CC[C@H](CNC(=O)c2cc(-c3ccc(F)cc3)cc(-c3ccc(F)cc3)c2)C1. The van der Waals surface area contributed by atoms with Crippen LogP contribution in [0.2, 0.25) is 0 Å². The average molecular weight is 492 g/mol. The summed E-state index contributed by atoms with van der Waals surface area (Å²) in [4.78, 5) is 13.0. The summed E-state index contributed by atoms with van der Waals surface area (Å²) >= 11 is 0. The van der Waals surface area contributed by atoms with Crippen LogP contribution in [0.1, 0.15) is 29.6 Å². The first kappa shape index (κ1) is 26.8. The molecule has 4 N–H and O–H groups in total. The van der Waals surface area contributed by atoms with Gasteiger partial charge in [-0.2, -0.15) is 0 Å². The molecule has 0 aromatic heterocycles. The molecule has 1 fully saturated rings. The first-order chi connectivity index (χ1) is 15.0. The van der Waals surface area contributed by atoms with Crippen LogP contribution < -0.4 is 35.9 Å². The van der Waals surface area contributed by atoms with Crippen LogP contribution in [-0.4, -0.2) is 19.0 Å². The molecular formula is C26H27Cl2F2N2O-. The van der Waals surface area contributed by atoms with Gasteiger partial charge in [0.15, 0.2) is 0 Å². The fourth-order valence-corrected chi connectivity index (χ4v) is 4.34. The summed E-state index contributed by atoms with van der Waals surface area (Å²) < 4.78 is 26.8. The maximum Gasteiger partial charge on any atom is 0.251 e. The lowest BCUT2D eigenvalue weighted by atomic mass is 9.95. The van der Waals surface area contributed by atoms with Gasteiger partial charge in [0.05, 0.1) is 6.54 Å². The van der Waals surface area contributed by atoms with Gasteiger partial charge in [-0.25, -0.2) is 8.78 Å². The van der Waals surface area contributed by atoms with Crippen molar-refractivity contribution >= 4 is 5.91 Å². The standard InChI is InChI=1S/C26H26F2N2O.2ClH/c27-24-7-3-19(4-8-24)21-12-22(20-5-9-25(28)10-6-20)14-23(13-21)26(31)30-16-18-2-1-17(11-18)15-29;;/h3-10,12-14,17-18H,1-2,11,15-16,29H2,(H,30,31);2*1H/p-1/t17-,18+;;/m1../s1. The first-order valence-electron chi connectivity index (χ1n) is 10.8. The minimum Gasteiger partial charge on any atom is -1.00 e. The molecule has 3 aromatic rings. The average Bonchev–Trinajstić information content (AvgIpc) is 3.26. The quantitative estimate of drug-likeness (QED) is 0.442. The van der Waals surface area contributed by atoms with Gasteiger partial charge in [-0.1, -0.05) is 24.3 Å². The lowest BCUT2D eigenvalue weighted by molar-refractivity contribution is -0.378. The van der Waals surface area contributed by atoms with Crippen molar-refractivity contribution in [3.05, 3.63) is 83.9 Å². The molecular weight excluding hydrogens is 465 g/mol. The van der Waals surface area contributed by atoms with E-state index in [1.165, 1.54) is 30.7 Å². The zero-order valence-corrected chi connectivity index (χ0v) is 19.7. The van der Waals surface area contributed by atoms with E-state index >= 15 is 0 Å². The number of nitrogens with one attached hydrogen (secondary N) is 1. The van der Waals surface area contributed by atoms with E-state index in [9.17, 15) is 13.6 Å². The van der Waals surface area contributed by atoms with E-state index in [0.29, 0.717) is 23.9 Å². The van der Waals surface area contributed by atoms with E-state index in [0.717, 1.165) is 41.6 Å². The van der Waals surface area contributed by atoms with Crippen LogP contribution in [0.5, 0.6) is 0 Å². The first-order valence-corrected chi connectivity index (χ1v) is 10.8. The second-order valence-electron chi connectivity index (χ2n) is 8.36. The summed E-state index contributed by atoms with van der Waals surface area (Å²) in [5.41, 5.74) is 7.78. The third-order valence-corrected chi connectivity index (χ3v) is 6.16. The number of carbonyl (C=O) groups excluding carboxylic acids is 1. The van der Waals surface area contributed by atoms with Gasteiger partial charge in [0.2, 0.25) is 0 Å². The van der Waals surface area contributed by atoms with Crippen molar-refractivity contribution in [1.82, 2.24) is 5.32 Å². The fourth-order valence-electron chi connectivity index (χ4n) is 4.34. The van der Waals surface area contributed by atoms with Crippen LogP contribution in [0.4, 0.5) is 8.78 Å². The summed E-state index contributed by atoms with van der Waals surface area (Å²) in [6.07, 6.45) is 3.41. The summed E-state index contributed by atoms with van der Waals surface area (Å²) in [6, 6.07) is 18.0. The minimum absolute atomic E-state index is 0. The molecule has 0 saturated heterocycles. The van der Waals surface area contributed by atoms with E-state index in [-0.39, 0.29) is 42.4 Å². The Morgan fingerprint density at radius 1 is 0.788 bits per heavy atom. The number of hydrogen-bond acceptors (Lipinski definition) is 1. The molecule has 33 heavy (non-hydrogen) atoms. The largest absolute Gasteiger partial charge is 1.00 e. The molecule has 0 heterocycles. The fraction of sp³-hybridized carbons (Fsp3) is 0.269. The molecule has 0 spiro atoms. The summed E-state index contributed by atoms with van der Waals surface area (Å²) in [5.74, 6) is 0.397. The van der Waals surface area contributed by atoms with E-state index in [2.05, 4.69) is 11.1 Å². The van der Waals surface area contributed by atoms with Crippen molar-refractivity contribution in [3.63, 3.8) is 0 Å². The summed E-state index contributed by atoms with van der Waals surface area (Å²) in [7, 11) is 0. The molecule has 4 rings (SSSR count). The second kappa shape index (κ2) is 12.1. The predicted octanol–water partition coefficient (Wildman–Crippen LogP) is -1.31. The number of rotatable bonds is 6. The lowest BCUT2D eigenvalue weighted by Gasteiger charge is -2.14. The molecule has 1 aliphatic rings. The highest BCUT2D eigenvalue weighted by molar-refractivity contribution is 5.97. The molecule has 2 atom stereocenters. The van der Waals surface area contributed by atoms with Crippen LogP contribution >= 0.6 is 0 Å². The molecule has 176 valence electrons. The zero-order valence-electron chi connectivity index (χ0n) is 18.2. The van der Waals surface area contributed by atoms with Gasteiger partial charge in [0.25, 0.3) is 5.91 Å². The molecule has 0 radical (unpaired) electrons. The zero-order chi connectivity index (χ0) is 21.8. The Hall–Kier alpha value is -2.47. The van der Waals surface area contributed by atoms with E-state index in [1.807, 2.05) is 18.2 Å². The number of carbonyl (C=O) groups is 1. The highest BCUT2D eigenvalue weighted by atomic mass is 35.5. The smallest absolute Gasteiger partial charge is 0.251 e. The Labute approximate surface area is 205 Å². The molecule has 1 amide bonds. The Morgan fingerprint density at radius 2 is 1.27 bits per heavy atom. The number of benzene rings is 3. The van der Waals surface area contributed by atoms with Crippen molar-refractivity contribution in [2.45, 2.75) is 19.3 Å². The highest BCUT2D eigenvalue weighted by Crippen LogP contribution is 2.30. The number of halogens is 4. The Kier molecular flexibility index (Phi) is 9.84.